The summed E-state index contributed by atoms with van der Waals surface area (Å²) in [5.41, 5.74) is 0.840. The van der Waals surface area contributed by atoms with Crippen molar-refractivity contribution in [3.05, 3.63) is 62.7 Å². The first-order chi connectivity index (χ1) is 10.1. The SMILES string of the molecule is CCc1ccc(Oc2cccc(Cl)c2C#N)c([N+](=O)[O-])c1. The summed E-state index contributed by atoms with van der Waals surface area (Å²) >= 11 is 5.91. The average Bonchev–Trinajstić information content (AvgIpc) is 2.47. The molecule has 0 aliphatic rings. The van der Waals surface area contributed by atoms with Crippen LogP contribution in [0.25, 0.3) is 0 Å². The Morgan fingerprint density at radius 2 is 2.10 bits per heavy atom. The standard InChI is InChI=1S/C15H11ClN2O3/c1-2-10-6-7-15(13(8-10)18(19)20)21-14-5-3-4-12(16)11(14)9-17/h3-8H,2H2,1H3. The minimum atomic E-state index is -0.509. The van der Waals surface area contributed by atoms with Crippen LogP contribution in [0, 0.1) is 21.4 Å². The monoisotopic (exact) mass is 302 g/mol. The van der Waals surface area contributed by atoms with E-state index < -0.39 is 4.92 Å². The average molecular weight is 303 g/mol. The van der Waals surface area contributed by atoms with Gasteiger partial charge in [-0.3, -0.25) is 10.1 Å². The van der Waals surface area contributed by atoms with E-state index in [1.165, 1.54) is 12.1 Å². The molecule has 0 spiro atoms. The van der Waals surface area contributed by atoms with Crippen molar-refractivity contribution in [3.63, 3.8) is 0 Å². The molecule has 2 aromatic carbocycles. The summed E-state index contributed by atoms with van der Waals surface area (Å²) < 4.78 is 5.52. The van der Waals surface area contributed by atoms with E-state index in [0.29, 0.717) is 6.42 Å². The van der Waals surface area contributed by atoms with E-state index in [0.717, 1.165) is 5.56 Å². The normalized spacial score (nSPS) is 9.95. The molecule has 0 bridgehead atoms. The maximum absolute atomic E-state index is 11.1. The van der Waals surface area contributed by atoms with Gasteiger partial charge in [0.25, 0.3) is 0 Å². The molecular weight excluding hydrogens is 292 g/mol. The molecule has 21 heavy (non-hydrogen) atoms. The van der Waals surface area contributed by atoms with E-state index in [9.17, 15) is 10.1 Å². The summed E-state index contributed by atoms with van der Waals surface area (Å²) in [4.78, 5) is 10.6. The molecule has 2 rings (SSSR count). The molecule has 0 fully saturated rings. The third-order valence-corrected chi connectivity index (χ3v) is 3.25. The van der Waals surface area contributed by atoms with Crippen molar-refractivity contribution in [1.82, 2.24) is 0 Å². The van der Waals surface area contributed by atoms with Crippen molar-refractivity contribution >= 4 is 17.3 Å². The molecule has 0 saturated heterocycles. The molecule has 106 valence electrons. The lowest BCUT2D eigenvalue weighted by atomic mass is 10.1. The van der Waals surface area contributed by atoms with Crippen molar-refractivity contribution in [2.45, 2.75) is 13.3 Å². The van der Waals surface area contributed by atoms with Crippen molar-refractivity contribution < 1.29 is 9.66 Å². The van der Waals surface area contributed by atoms with Gasteiger partial charge in [-0.2, -0.15) is 5.26 Å². The topological polar surface area (TPSA) is 76.2 Å². The van der Waals surface area contributed by atoms with Crippen LogP contribution in [0.2, 0.25) is 5.02 Å². The molecule has 0 radical (unpaired) electrons. The van der Waals surface area contributed by atoms with Gasteiger partial charge in [0.1, 0.15) is 17.4 Å². The number of nitrogens with zero attached hydrogens (tertiary/aromatic N) is 2. The summed E-state index contributed by atoms with van der Waals surface area (Å²) in [6.07, 6.45) is 0.682. The van der Waals surface area contributed by atoms with Crippen LogP contribution in [0.1, 0.15) is 18.1 Å². The van der Waals surface area contributed by atoms with E-state index >= 15 is 0 Å². The van der Waals surface area contributed by atoms with Gasteiger partial charge in [0.05, 0.1) is 9.95 Å². The molecule has 0 unspecified atom stereocenters. The molecule has 6 heteroatoms. The maximum Gasteiger partial charge on any atom is 0.311 e. The van der Waals surface area contributed by atoms with Gasteiger partial charge in [0.15, 0.2) is 0 Å². The number of ether oxygens (including phenoxy) is 1. The quantitative estimate of drug-likeness (QED) is 0.616. The molecule has 0 aliphatic carbocycles. The largest absolute Gasteiger partial charge is 0.449 e. The zero-order valence-electron chi connectivity index (χ0n) is 11.2. The highest BCUT2D eigenvalue weighted by molar-refractivity contribution is 6.31. The molecule has 0 aromatic heterocycles. The molecule has 0 N–H and O–H groups in total. The van der Waals surface area contributed by atoms with Gasteiger partial charge in [-0.15, -0.1) is 0 Å². The number of hydrogen-bond acceptors (Lipinski definition) is 4. The fourth-order valence-corrected chi connectivity index (χ4v) is 2.04. The second kappa shape index (κ2) is 6.25. The van der Waals surface area contributed by atoms with Gasteiger partial charge >= 0.3 is 5.69 Å². The summed E-state index contributed by atoms with van der Waals surface area (Å²) in [6.45, 7) is 1.91. The minimum Gasteiger partial charge on any atom is -0.449 e. The lowest BCUT2D eigenvalue weighted by Gasteiger charge is -2.09. The molecule has 5 nitrogen and oxygen atoms in total. The first kappa shape index (κ1) is 14.8. The number of nitro groups is 1. The summed E-state index contributed by atoms with van der Waals surface area (Å²) in [5, 5.41) is 20.5. The van der Waals surface area contributed by atoms with Gasteiger partial charge < -0.3 is 4.74 Å². The lowest BCUT2D eigenvalue weighted by molar-refractivity contribution is -0.385. The second-order valence-electron chi connectivity index (χ2n) is 4.24. The van der Waals surface area contributed by atoms with Gasteiger partial charge in [-0.25, -0.2) is 0 Å². The minimum absolute atomic E-state index is 0.0796. The van der Waals surface area contributed by atoms with Crippen molar-refractivity contribution in [2.75, 3.05) is 0 Å². The zero-order chi connectivity index (χ0) is 15.4. The molecule has 0 atom stereocenters. The summed E-state index contributed by atoms with van der Waals surface area (Å²) in [5.74, 6) is 0.272. The Bertz CT molecular complexity index is 738. The lowest BCUT2D eigenvalue weighted by Crippen LogP contribution is -1.96. The Labute approximate surface area is 126 Å². The number of rotatable bonds is 4. The number of nitriles is 1. The van der Waals surface area contributed by atoms with Gasteiger partial charge in [-0.05, 0) is 30.2 Å². The molecule has 0 amide bonds. The molecule has 0 saturated carbocycles. The fourth-order valence-electron chi connectivity index (χ4n) is 1.83. The van der Waals surface area contributed by atoms with E-state index in [4.69, 9.17) is 21.6 Å². The first-order valence-electron chi connectivity index (χ1n) is 6.20. The van der Waals surface area contributed by atoms with Crippen LogP contribution in [0.3, 0.4) is 0 Å². The predicted molar refractivity (Wildman–Crippen MR) is 78.7 cm³/mol. The molecular formula is C15H11ClN2O3. The van der Waals surface area contributed by atoms with Crippen LogP contribution in [0.4, 0.5) is 5.69 Å². The van der Waals surface area contributed by atoms with Crippen molar-refractivity contribution in [1.29, 1.82) is 5.26 Å². The van der Waals surface area contributed by atoms with Crippen LogP contribution in [0.5, 0.6) is 11.5 Å². The van der Waals surface area contributed by atoms with E-state index in [2.05, 4.69) is 0 Å². The Hall–Kier alpha value is -2.58. The highest BCUT2D eigenvalue weighted by Gasteiger charge is 2.18. The van der Waals surface area contributed by atoms with Crippen molar-refractivity contribution in [3.8, 4) is 17.6 Å². The van der Waals surface area contributed by atoms with E-state index in [1.807, 2.05) is 13.0 Å². The van der Waals surface area contributed by atoms with Crippen LogP contribution >= 0.6 is 11.6 Å². The Morgan fingerprint density at radius 1 is 1.33 bits per heavy atom. The second-order valence-corrected chi connectivity index (χ2v) is 4.65. The Kier molecular flexibility index (Phi) is 4.41. The predicted octanol–water partition coefficient (Wildman–Crippen LogP) is 4.47. The van der Waals surface area contributed by atoms with Crippen LogP contribution < -0.4 is 4.74 Å². The van der Waals surface area contributed by atoms with Gasteiger partial charge in [0.2, 0.25) is 5.75 Å². The number of nitro benzene ring substituents is 1. The van der Waals surface area contributed by atoms with Crippen LogP contribution in [0.15, 0.2) is 36.4 Å². The smallest absolute Gasteiger partial charge is 0.311 e. The fraction of sp³-hybridized carbons (Fsp3) is 0.133. The van der Waals surface area contributed by atoms with Gasteiger partial charge in [-0.1, -0.05) is 30.7 Å². The van der Waals surface area contributed by atoms with E-state index in [-0.39, 0.29) is 27.8 Å². The Balaban J connectivity index is 2.48. The maximum atomic E-state index is 11.1. The third-order valence-electron chi connectivity index (χ3n) is 2.94. The van der Waals surface area contributed by atoms with Crippen molar-refractivity contribution in [2.24, 2.45) is 0 Å². The first-order valence-corrected chi connectivity index (χ1v) is 6.58. The highest BCUT2D eigenvalue weighted by Crippen LogP contribution is 2.35. The number of hydrogen-bond donors (Lipinski definition) is 0. The third kappa shape index (κ3) is 3.12. The highest BCUT2D eigenvalue weighted by atomic mass is 35.5. The Morgan fingerprint density at radius 3 is 2.71 bits per heavy atom. The molecule has 2 aromatic rings. The number of benzene rings is 2. The number of halogens is 1. The molecule has 0 aliphatic heterocycles. The van der Waals surface area contributed by atoms with E-state index in [1.54, 1.807) is 24.3 Å². The van der Waals surface area contributed by atoms with Crippen LogP contribution in [-0.4, -0.2) is 4.92 Å². The zero-order valence-corrected chi connectivity index (χ0v) is 11.9. The molecule has 0 heterocycles. The van der Waals surface area contributed by atoms with Gasteiger partial charge in [0, 0.05) is 6.07 Å². The van der Waals surface area contributed by atoms with Crippen LogP contribution in [-0.2, 0) is 6.42 Å². The number of aryl methyl sites for hydroxylation is 1. The summed E-state index contributed by atoms with van der Waals surface area (Å²) in [6, 6.07) is 11.4. The summed E-state index contributed by atoms with van der Waals surface area (Å²) in [7, 11) is 0.